The number of carbonyl (C=O) groups is 1. The van der Waals surface area contributed by atoms with Crippen LogP contribution < -0.4 is 5.32 Å². The number of anilines is 1. The summed E-state index contributed by atoms with van der Waals surface area (Å²) in [4.78, 5) is 12.5. The standard InChI is InChI=1S/C21H18Cl2FN5O2/c1-12-20(23)13(2)29(27-12)11-17-5-6-19(31-17)21(30)26-16-8-25-28(10-16)9-14-3-4-15(24)7-18(14)22/h3-8,10H,9,11H2,1-2H3,(H,26,30). The van der Waals surface area contributed by atoms with E-state index in [1.54, 1.807) is 33.8 Å². The third kappa shape index (κ3) is 4.65. The lowest BCUT2D eigenvalue weighted by Crippen LogP contribution is -2.10. The molecule has 31 heavy (non-hydrogen) atoms. The van der Waals surface area contributed by atoms with Gasteiger partial charge in [-0.05, 0) is 43.7 Å². The van der Waals surface area contributed by atoms with Gasteiger partial charge in [0.1, 0.15) is 11.6 Å². The lowest BCUT2D eigenvalue weighted by molar-refractivity contribution is 0.0994. The van der Waals surface area contributed by atoms with Crippen molar-refractivity contribution in [1.82, 2.24) is 19.6 Å². The van der Waals surface area contributed by atoms with Gasteiger partial charge in [0, 0.05) is 11.2 Å². The monoisotopic (exact) mass is 461 g/mol. The number of halogens is 3. The van der Waals surface area contributed by atoms with Gasteiger partial charge in [-0.15, -0.1) is 0 Å². The van der Waals surface area contributed by atoms with E-state index in [2.05, 4.69) is 15.5 Å². The number of furan rings is 1. The summed E-state index contributed by atoms with van der Waals surface area (Å²) in [6, 6.07) is 7.50. The van der Waals surface area contributed by atoms with Crippen LogP contribution in [0.15, 0.2) is 47.1 Å². The Morgan fingerprint density at radius 1 is 1.19 bits per heavy atom. The van der Waals surface area contributed by atoms with Crippen LogP contribution in [0.2, 0.25) is 10.0 Å². The predicted molar refractivity (Wildman–Crippen MR) is 115 cm³/mol. The summed E-state index contributed by atoms with van der Waals surface area (Å²) in [5.74, 6) is -0.0658. The number of rotatable bonds is 6. The van der Waals surface area contributed by atoms with Crippen LogP contribution in [0.1, 0.15) is 33.3 Å². The Labute approximate surface area is 187 Å². The topological polar surface area (TPSA) is 77.9 Å². The van der Waals surface area contributed by atoms with Gasteiger partial charge < -0.3 is 9.73 Å². The van der Waals surface area contributed by atoms with Crippen molar-refractivity contribution in [2.24, 2.45) is 0 Å². The number of aromatic nitrogens is 4. The zero-order chi connectivity index (χ0) is 22.1. The van der Waals surface area contributed by atoms with Crippen LogP contribution >= 0.6 is 23.2 Å². The zero-order valence-electron chi connectivity index (χ0n) is 16.7. The largest absolute Gasteiger partial charge is 0.454 e. The first kappa shape index (κ1) is 21.1. The molecule has 0 bridgehead atoms. The molecule has 0 spiro atoms. The lowest BCUT2D eigenvalue weighted by atomic mass is 10.2. The first-order valence-corrected chi connectivity index (χ1v) is 10.1. The lowest BCUT2D eigenvalue weighted by Gasteiger charge is -2.04. The van der Waals surface area contributed by atoms with E-state index in [0.717, 1.165) is 11.4 Å². The average molecular weight is 462 g/mol. The molecule has 10 heteroatoms. The Bertz CT molecular complexity index is 1260. The number of nitrogens with one attached hydrogen (secondary N) is 1. The molecule has 3 aromatic heterocycles. The van der Waals surface area contributed by atoms with Gasteiger partial charge in [-0.3, -0.25) is 14.2 Å². The summed E-state index contributed by atoms with van der Waals surface area (Å²) < 4.78 is 22.2. The van der Waals surface area contributed by atoms with Gasteiger partial charge in [-0.25, -0.2) is 4.39 Å². The molecule has 4 aromatic rings. The molecule has 0 radical (unpaired) electrons. The number of nitrogens with zero attached hydrogens (tertiary/aromatic N) is 4. The summed E-state index contributed by atoms with van der Waals surface area (Å²) in [5.41, 5.74) is 2.77. The van der Waals surface area contributed by atoms with Gasteiger partial charge in [-0.1, -0.05) is 29.3 Å². The van der Waals surface area contributed by atoms with E-state index in [1.165, 1.54) is 18.3 Å². The van der Waals surface area contributed by atoms with Crippen molar-refractivity contribution >= 4 is 34.8 Å². The molecule has 0 aliphatic carbocycles. The first-order chi connectivity index (χ1) is 14.8. The molecule has 0 saturated carbocycles. The first-order valence-electron chi connectivity index (χ1n) is 9.36. The number of benzene rings is 1. The highest BCUT2D eigenvalue weighted by Gasteiger charge is 2.15. The van der Waals surface area contributed by atoms with Gasteiger partial charge in [0.05, 0.1) is 41.4 Å². The average Bonchev–Trinajstić information content (AvgIpc) is 3.42. The quantitative estimate of drug-likeness (QED) is 0.433. The second-order valence-electron chi connectivity index (χ2n) is 7.02. The van der Waals surface area contributed by atoms with Gasteiger partial charge in [0.25, 0.3) is 5.91 Å². The molecule has 0 aliphatic heterocycles. The number of hydrogen-bond acceptors (Lipinski definition) is 4. The second kappa shape index (κ2) is 8.56. The summed E-state index contributed by atoms with van der Waals surface area (Å²) in [7, 11) is 0. The Morgan fingerprint density at radius 2 is 2.00 bits per heavy atom. The molecule has 0 unspecified atom stereocenters. The van der Waals surface area contributed by atoms with Crippen molar-refractivity contribution in [2.75, 3.05) is 5.32 Å². The minimum Gasteiger partial charge on any atom is -0.454 e. The van der Waals surface area contributed by atoms with Crippen LogP contribution in [0.4, 0.5) is 10.1 Å². The van der Waals surface area contributed by atoms with Crippen LogP contribution in [0, 0.1) is 19.7 Å². The number of aryl methyl sites for hydroxylation is 1. The Hall–Kier alpha value is -3.10. The highest BCUT2D eigenvalue weighted by molar-refractivity contribution is 6.32. The number of amides is 1. The molecule has 1 aromatic carbocycles. The molecule has 3 heterocycles. The van der Waals surface area contributed by atoms with E-state index >= 15 is 0 Å². The zero-order valence-corrected chi connectivity index (χ0v) is 18.2. The molecule has 0 aliphatic rings. The maximum absolute atomic E-state index is 13.2. The SMILES string of the molecule is Cc1nn(Cc2ccc(C(=O)Nc3cnn(Cc4ccc(F)cc4Cl)c3)o2)c(C)c1Cl. The van der Waals surface area contributed by atoms with E-state index in [1.807, 2.05) is 13.8 Å². The van der Waals surface area contributed by atoms with Gasteiger partial charge in [0.2, 0.25) is 0 Å². The van der Waals surface area contributed by atoms with Crippen molar-refractivity contribution in [3.05, 3.63) is 87.1 Å². The minimum absolute atomic E-state index is 0.164. The fourth-order valence-electron chi connectivity index (χ4n) is 3.09. The molecule has 1 amide bonds. The third-order valence-corrected chi connectivity index (χ3v) is 5.62. The number of carbonyl (C=O) groups excluding carboxylic acids is 1. The van der Waals surface area contributed by atoms with E-state index in [4.69, 9.17) is 27.6 Å². The molecular formula is C21H18Cl2FN5O2. The van der Waals surface area contributed by atoms with E-state index in [0.29, 0.717) is 40.1 Å². The molecule has 1 N–H and O–H groups in total. The maximum Gasteiger partial charge on any atom is 0.291 e. The molecular weight excluding hydrogens is 444 g/mol. The predicted octanol–water partition coefficient (Wildman–Crippen LogP) is 5.08. The van der Waals surface area contributed by atoms with E-state index in [9.17, 15) is 9.18 Å². The number of hydrogen-bond donors (Lipinski definition) is 1. The summed E-state index contributed by atoms with van der Waals surface area (Å²) in [6.07, 6.45) is 3.16. The highest BCUT2D eigenvalue weighted by Crippen LogP contribution is 2.21. The Morgan fingerprint density at radius 3 is 2.71 bits per heavy atom. The van der Waals surface area contributed by atoms with Gasteiger partial charge in [-0.2, -0.15) is 10.2 Å². The van der Waals surface area contributed by atoms with Gasteiger partial charge in [0.15, 0.2) is 5.76 Å². The highest BCUT2D eigenvalue weighted by atomic mass is 35.5. The maximum atomic E-state index is 13.2. The van der Waals surface area contributed by atoms with E-state index < -0.39 is 11.7 Å². The molecule has 160 valence electrons. The molecule has 0 fully saturated rings. The fourth-order valence-corrected chi connectivity index (χ4v) is 3.46. The van der Waals surface area contributed by atoms with Crippen molar-refractivity contribution in [1.29, 1.82) is 0 Å². The molecule has 0 atom stereocenters. The molecule has 7 nitrogen and oxygen atoms in total. The smallest absolute Gasteiger partial charge is 0.291 e. The van der Waals surface area contributed by atoms with Crippen LogP contribution in [0.3, 0.4) is 0 Å². The van der Waals surface area contributed by atoms with Gasteiger partial charge >= 0.3 is 0 Å². The van der Waals surface area contributed by atoms with Crippen LogP contribution in [0.25, 0.3) is 0 Å². The van der Waals surface area contributed by atoms with E-state index in [-0.39, 0.29) is 5.76 Å². The summed E-state index contributed by atoms with van der Waals surface area (Å²) >= 11 is 12.2. The normalized spacial score (nSPS) is 11.1. The second-order valence-corrected chi connectivity index (χ2v) is 7.81. The van der Waals surface area contributed by atoms with Crippen LogP contribution in [0.5, 0.6) is 0 Å². The van der Waals surface area contributed by atoms with Crippen molar-refractivity contribution in [2.45, 2.75) is 26.9 Å². The Balaban J connectivity index is 1.40. The third-order valence-electron chi connectivity index (χ3n) is 4.72. The minimum atomic E-state index is -0.406. The van der Waals surface area contributed by atoms with Crippen LogP contribution in [-0.2, 0) is 13.1 Å². The van der Waals surface area contributed by atoms with Crippen molar-refractivity contribution in [3.8, 4) is 0 Å². The van der Waals surface area contributed by atoms with Crippen molar-refractivity contribution in [3.63, 3.8) is 0 Å². The summed E-state index contributed by atoms with van der Waals surface area (Å²) in [6.45, 7) is 4.40. The van der Waals surface area contributed by atoms with Crippen LogP contribution in [-0.4, -0.2) is 25.5 Å². The van der Waals surface area contributed by atoms with Crippen molar-refractivity contribution < 1.29 is 13.6 Å². The summed E-state index contributed by atoms with van der Waals surface area (Å²) in [5, 5.41) is 12.2. The molecule has 4 rings (SSSR count). The fraction of sp³-hybridized carbons (Fsp3) is 0.190. The molecule has 0 saturated heterocycles. The Kier molecular flexibility index (Phi) is 5.84.